The number of ether oxygens (including phenoxy) is 2. The first-order chi connectivity index (χ1) is 13.4. The number of rotatable bonds is 6. The Balaban J connectivity index is 1.86. The van der Waals surface area contributed by atoms with Gasteiger partial charge in [0.05, 0.1) is 43.4 Å². The van der Waals surface area contributed by atoms with Crippen molar-refractivity contribution in [2.24, 2.45) is 0 Å². The number of aryl methyl sites for hydroxylation is 1. The predicted octanol–water partition coefficient (Wildman–Crippen LogP) is 4.47. The van der Waals surface area contributed by atoms with E-state index in [1.807, 2.05) is 42.8 Å². The van der Waals surface area contributed by atoms with E-state index in [0.29, 0.717) is 34.3 Å². The van der Waals surface area contributed by atoms with Gasteiger partial charge in [0.25, 0.3) is 5.91 Å². The topological polar surface area (TPSA) is 65.4 Å². The maximum Gasteiger partial charge on any atom is 0.259 e. The number of carbonyl (C=O) groups excluding carboxylic acids is 1. The average molecular weight is 400 g/mol. The molecule has 0 radical (unpaired) electrons. The molecular formula is C21H22ClN3O3. The summed E-state index contributed by atoms with van der Waals surface area (Å²) in [4.78, 5) is 12.8. The molecule has 0 aliphatic rings. The Morgan fingerprint density at radius 3 is 2.57 bits per heavy atom. The van der Waals surface area contributed by atoms with E-state index in [1.54, 1.807) is 25.3 Å². The number of carbonyl (C=O) groups is 1. The number of hydrogen-bond acceptors (Lipinski definition) is 4. The van der Waals surface area contributed by atoms with E-state index in [0.717, 1.165) is 17.0 Å². The molecule has 0 saturated carbocycles. The number of aromatic nitrogens is 2. The quantitative estimate of drug-likeness (QED) is 0.664. The van der Waals surface area contributed by atoms with Crippen LogP contribution in [0.5, 0.6) is 11.5 Å². The Kier molecular flexibility index (Phi) is 5.90. The van der Waals surface area contributed by atoms with Crippen molar-refractivity contribution in [3.63, 3.8) is 0 Å². The second kappa shape index (κ2) is 8.35. The summed E-state index contributed by atoms with van der Waals surface area (Å²) in [5, 5.41) is 8.19. The molecule has 0 spiro atoms. The lowest BCUT2D eigenvalue weighted by molar-refractivity contribution is 0.102. The van der Waals surface area contributed by atoms with Crippen molar-refractivity contribution in [1.82, 2.24) is 9.78 Å². The maximum atomic E-state index is 12.8. The van der Waals surface area contributed by atoms with Gasteiger partial charge >= 0.3 is 0 Å². The first-order valence-corrected chi connectivity index (χ1v) is 9.13. The van der Waals surface area contributed by atoms with Gasteiger partial charge in [-0.2, -0.15) is 5.10 Å². The lowest BCUT2D eigenvalue weighted by atomic mass is 10.1. The molecule has 1 aromatic heterocycles. The molecule has 146 valence electrons. The van der Waals surface area contributed by atoms with Gasteiger partial charge in [-0.1, -0.05) is 29.8 Å². The van der Waals surface area contributed by atoms with Crippen LogP contribution in [-0.2, 0) is 6.54 Å². The third kappa shape index (κ3) is 3.97. The minimum absolute atomic E-state index is 0.275. The highest BCUT2D eigenvalue weighted by Gasteiger charge is 2.19. The van der Waals surface area contributed by atoms with Crippen LogP contribution in [0.3, 0.4) is 0 Å². The fraction of sp³-hybridized carbons (Fsp3) is 0.238. The van der Waals surface area contributed by atoms with Crippen molar-refractivity contribution in [3.8, 4) is 11.5 Å². The summed E-state index contributed by atoms with van der Waals surface area (Å²) in [6, 6.07) is 12.7. The van der Waals surface area contributed by atoms with Gasteiger partial charge in [0.2, 0.25) is 0 Å². The number of nitrogens with one attached hydrogen (secondary N) is 1. The van der Waals surface area contributed by atoms with Gasteiger partial charge < -0.3 is 14.8 Å². The molecule has 3 rings (SSSR count). The third-order valence-electron chi connectivity index (χ3n) is 4.55. The van der Waals surface area contributed by atoms with Gasteiger partial charge in [-0.3, -0.25) is 9.48 Å². The van der Waals surface area contributed by atoms with E-state index in [9.17, 15) is 4.79 Å². The van der Waals surface area contributed by atoms with E-state index in [1.165, 1.54) is 7.11 Å². The molecule has 1 N–H and O–H groups in total. The van der Waals surface area contributed by atoms with Crippen LogP contribution in [0.4, 0.5) is 5.69 Å². The van der Waals surface area contributed by atoms with Gasteiger partial charge in [0, 0.05) is 11.1 Å². The summed E-state index contributed by atoms with van der Waals surface area (Å²) in [5.41, 5.74) is 3.63. The van der Waals surface area contributed by atoms with Crippen LogP contribution in [0.25, 0.3) is 0 Å². The summed E-state index contributed by atoms with van der Waals surface area (Å²) in [7, 11) is 3.08. The van der Waals surface area contributed by atoms with Gasteiger partial charge in [0.15, 0.2) is 0 Å². The van der Waals surface area contributed by atoms with Gasteiger partial charge in [-0.05, 0) is 37.6 Å². The molecule has 0 atom stereocenters. The SMILES string of the molecule is COc1ccc(C(=O)Nc2c(C)nn(Cc3ccccc3Cl)c2C)c(OC)c1. The molecule has 28 heavy (non-hydrogen) atoms. The van der Waals surface area contributed by atoms with Crippen molar-refractivity contribution in [3.05, 3.63) is 70.0 Å². The lowest BCUT2D eigenvalue weighted by Crippen LogP contribution is -2.14. The Labute approximate surface area is 169 Å². The summed E-state index contributed by atoms with van der Waals surface area (Å²) in [5.74, 6) is 0.784. The number of benzene rings is 2. The average Bonchev–Trinajstić information content (AvgIpc) is 2.96. The fourth-order valence-electron chi connectivity index (χ4n) is 2.99. The van der Waals surface area contributed by atoms with Crippen LogP contribution in [0.15, 0.2) is 42.5 Å². The highest BCUT2D eigenvalue weighted by Crippen LogP contribution is 2.27. The second-order valence-electron chi connectivity index (χ2n) is 6.32. The molecule has 0 bridgehead atoms. The van der Waals surface area contributed by atoms with Crippen molar-refractivity contribution in [2.75, 3.05) is 19.5 Å². The zero-order valence-electron chi connectivity index (χ0n) is 16.2. The van der Waals surface area contributed by atoms with Gasteiger partial charge in [-0.15, -0.1) is 0 Å². The highest BCUT2D eigenvalue weighted by atomic mass is 35.5. The van der Waals surface area contributed by atoms with E-state index in [-0.39, 0.29) is 5.91 Å². The molecule has 0 aliphatic carbocycles. The van der Waals surface area contributed by atoms with Crippen molar-refractivity contribution in [2.45, 2.75) is 20.4 Å². The standard InChI is InChI=1S/C21H22ClN3O3/c1-13-20(14(2)25(24-13)12-15-7-5-6-8-18(15)22)23-21(26)17-10-9-16(27-3)11-19(17)28-4/h5-11H,12H2,1-4H3,(H,23,26). The summed E-state index contributed by atoms with van der Waals surface area (Å²) >= 11 is 6.26. The van der Waals surface area contributed by atoms with Gasteiger partial charge in [-0.25, -0.2) is 0 Å². The molecule has 7 heteroatoms. The summed E-state index contributed by atoms with van der Waals surface area (Å²) < 4.78 is 12.3. The third-order valence-corrected chi connectivity index (χ3v) is 4.92. The fourth-order valence-corrected chi connectivity index (χ4v) is 3.18. The molecule has 0 aliphatic heterocycles. The highest BCUT2D eigenvalue weighted by molar-refractivity contribution is 6.31. The van der Waals surface area contributed by atoms with Crippen LogP contribution >= 0.6 is 11.6 Å². The van der Waals surface area contributed by atoms with Gasteiger partial charge in [0.1, 0.15) is 11.5 Å². The number of anilines is 1. The molecule has 1 heterocycles. The van der Waals surface area contributed by atoms with E-state index in [2.05, 4.69) is 10.4 Å². The Morgan fingerprint density at radius 2 is 1.89 bits per heavy atom. The normalized spacial score (nSPS) is 10.6. The number of methoxy groups -OCH3 is 2. The minimum Gasteiger partial charge on any atom is -0.497 e. The van der Waals surface area contributed by atoms with Crippen molar-refractivity contribution < 1.29 is 14.3 Å². The molecule has 3 aromatic rings. The zero-order valence-corrected chi connectivity index (χ0v) is 17.0. The van der Waals surface area contributed by atoms with Crippen LogP contribution in [0, 0.1) is 13.8 Å². The largest absolute Gasteiger partial charge is 0.497 e. The second-order valence-corrected chi connectivity index (χ2v) is 6.72. The Hall–Kier alpha value is -2.99. The lowest BCUT2D eigenvalue weighted by Gasteiger charge is -2.11. The summed E-state index contributed by atoms with van der Waals surface area (Å²) in [6.45, 7) is 4.29. The smallest absolute Gasteiger partial charge is 0.259 e. The van der Waals surface area contributed by atoms with Crippen molar-refractivity contribution >= 4 is 23.2 Å². The van der Waals surface area contributed by atoms with Crippen molar-refractivity contribution in [1.29, 1.82) is 0 Å². The van der Waals surface area contributed by atoms with Crippen LogP contribution in [0.1, 0.15) is 27.3 Å². The molecule has 2 aromatic carbocycles. The van der Waals surface area contributed by atoms with E-state index in [4.69, 9.17) is 21.1 Å². The van der Waals surface area contributed by atoms with E-state index < -0.39 is 0 Å². The van der Waals surface area contributed by atoms with Crippen LogP contribution in [0.2, 0.25) is 5.02 Å². The molecular weight excluding hydrogens is 378 g/mol. The maximum absolute atomic E-state index is 12.8. The van der Waals surface area contributed by atoms with Crippen LogP contribution < -0.4 is 14.8 Å². The zero-order chi connectivity index (χ0) is 20.3. The molecule has 1 amide bonds. The number of halogens is 1. The predicted molar refractivity (Wildman–Crippen MR) is 110 cm³/mol. The monoisotopic (exact) mass is 399 g/mol. The molecule has 0 fully saturated rings. The number of hydrogen-bond donors (Lipinski definition) is 1. The minimum atomic E-state index is -0.275. The molecule has 0 unspecified atom stereocenters. The number of amides is 1. The molecule has 6 nitrogen and oxygen atoms in total. The molecule has 0 saturated heterocycles. The van der Waals surface area contributed by atoms with Crippen LogP contribution in [-0.4, -0.2) is 29.9 Å². The first kappa shape index (κ1) is 19.8. The first-order valence-electron chi connectivity index (χ1n) is 8.75. The number of nitrogens with zero attached hydrogens (tertiary/aromatic N) is 2. The summed E-state index contributed by atoms with van der Waals surface area (Å²) in [6.07, 6.45) is 0. The Bertz CT molecular complexity index is 1010. The Morgan fingerprint density at radius 1 is 1.14 bits per heavy atom. The van der Waals surface area contributed by atoms with E-state index >= 15 is 0 Å².